The summed E-state index contributed by atoms with van der Waals surface area (Å²) in [4.78, 5) is 14.4. The predicted octanol–water partition coefficient (Wildman–Crippen LogP) is 4.13. The van der Waals surface area contributed by atoms with Crippen molar-refractivity contribution in [2.75, 3.05) is 30.3 Å². The van der Waals surface area contributed by atoms with Crippen LogP contribution >= 0.6 is 15.9 Å². The zero-order chi connectivity index (χ0) is 15.7. The Morgan fingerprint density at radius 1 is 1.19 bits per heavy atom. The fraction of sp³-hybridized carbons (Fsp3) is 0.588. The van der Waals surface area contributed by atoms with E-state index in [1.54, 1.807) is 0 Å². The molecule has 0 aliphatic rings. The quantitative estimate of drug-likeness (QED) is 0.534. The van der Waals surface area contributed by atoms with Crippen LogP contribution in [0.15, 0.2) is 18.2 Å². The summed E-state index contributed by atoms with van der Waals surface area (Å²) < 4.78 is 0. The summed E-state index contributed by atoms with van der Waals surface area (Å²) >= 11 is 3.45. The standard InChI is InChI=1S/C17H27BrN2O/c1-4-20(12-7-5-6-11-18)13-16(21)19-17-14(2)9-8-10-15(17)3/h8-10H,4-7,11-13H2,1-3H3,(H,19,21). The van der Waals surface area contributed by atoms with Crippen LogP contribution in [0.1, 0.15) is 37.3 Å². The van der Waals surface area contributed by atoms with Gasteiger partial charge in [0, 0.05) is 11.0 Å². The number of nitrogens with one attached hydrogen (secondary N) is 1. The highest BCUT2D eigenvalue weighted by molar-refractivity contribution is 9.09. The highest BCUT2D eigenvalue weighted by atomic mass is 79.9. The Kier molecular flexibility index (Phi) is 8.62. The number of carbonyl (C=O) groups is 1. The molecule has 3 nitrogen and oxygen atoms in total. The van der Waals surface area contributed by atoms with Crippen molar-refractivity contribution in [1.29, 1.82) is 0 Å². The molecular weight excluding hydrogens is 328 g/mol. The average Bonchev–Trinajstić information content (AvgIpc) is 2.46. The van der Waals surface area contributed by atoms with Crippen molar-refractivity contribution in [3.8, 4) is 0 Å². The number of amides is 1. The number of para-hydroxylation sites is 1. The van der Waals surface area contributed by atoms with Gasteiger partial charge in [0.15, 0.2) is 0 Å². The van der Waals surface area contributed by atoms with E-state index >= 15 is 0 Å². The minimum atomic E-state index is 0.0785. The van der Waals surface area contributed by atoms with Gasteiger partial charge in [0.05, 0.1) is 6.54 Å². The number of alkyl halides is 1. The summed E-state index contributed by atoms with van der Waals surface area (Å²) in [7, 11) is 0. The van der Waals surface area contributed by atoms with Crippen molar-refractivity contribution in [1.82, 2.24) is 4.90 Å². The largest absolute Gasteiger partial charge is 0.324 e. The van der Waals surface area contributed by atoms with E-state index in [9.17, 15) is 4.79 Å². The van der Waals surface area contributed by atoms with E-state index in [0.29, 0.717) is 6.54 Å². The van der Waals surface area contributed by atoms with Gasteiger partial charge in [0.2, 0.25) is 5.91 Å². The van der Waals surface area contributed by atoms with Gasteiger partial charge < -0.3 is 5.32 Å². The second-order valence-electron chi connectivity index (χ2n) is 5.43. The van der Waals surface area contributed by atoms with E-state index in [0.717, 1.165) is 41.7 Å². The van der Waals surface area contributed by atoms with Crippen LogP contribution in [0, 0.1) is 13.8 Å². The van der Waals surface area contributed by atoms with Crippen LogP contribution in [0.2, 0.25) is 0 Å². The molecule has 0 saturated heterocycles. The van der Waals surface area contributed by atoms with E-state index in [1.807, 2.05) is 32.0 Å². The van der Waals surface area contributed by atoms with Gasteiger partial charge in [-0.15, -0.1) is 0 Å². The fourth-order valence-corrected chi connectivity index (χ4v) is 2.75. The molecule has 0 unspecified atom stereocenters. The smallest absolute Gasteiger partial charge is 0.238 e. The van der Waals surface area contributed by atoms with Crippen molar-refractivity contribution in [2.24, 2.45) is 0 Å². The summed E-state index contributed by atoms with van der Waals surface area (Å²) in [6.45, 7) is 8.54. The van der Waals surface area contributed by atoms with Gasteiger partial charge in [-0.05, 0) is 50.9 Å². The summed E-state index contributed by atoms with van der Waals surface area (Å²) in [5.74, 6) is 0.0785. The van der Waals surface area contributed by atoms with Crippen molar-refractivity contribution in [3.05, 3.63) is 29.3 Å². The lowest BCUT2D eigenvalue weighted by Gasteiger charge is -2.20. The van der Waals surface area contributed by atoms with Crippen LogP contribution in [0.25, 0.3) is 0 Å². The van der Waals surface area contributed by atoms with Gasteiger partial charge in [-0.1, -0.05) is 47.5 Å². The average molecular weight is 355 g/mol. The molecule has 0 bridgehead atoms. The maximum Gasteiger partial charge on any atom is 0.238 e. The molecule has 0 aliphatic carbocycles. The Balaban J connectivity index is 2.47. The van der Waals surface area contributed by atoms with Crippen LogP contribution in [-0.2, 0) is 4.79 Å². The third-order valence-corrected chi connectivity index (χ3v) is 4.23. The number of nitrogens with zero attached hydrogens (tertiary/aromatic N) is 1. The zero-order valence-corrected chi connectivity index (χ0v) is 15.0. The zero-order valence-electron chi connectivity index (χ0n) is 13.4. The molecule has 1 rings (SSSR count). The third-order valence-electron chi connectivity index (χ3n) is 3.67. The summed E-state index contributed by atoms with van der Waals surface area (Å²) in [6.07, 6.45) is 3.56. The second kappa shape index (κ2) is 9.96. The SMILES string of the molecule is CCN(CCCCCBr)CC(=O)Nc1c(C)cccc1C. The van der Waals surface area contributed by atoms with Crippen LogP contribution < -0.4 is 5.32 Å². The number of aryl methyl sites for hydroxylation is 2. The van der Waals surface area contributed by atoms with Gasteiger partial charge >= 0.3 is 0 Å². The second-order valence-corrected chi connectivity index (χ2v) is 6.23. The molecule has 1 aromatic rings. The van der Waals surface area contributed by atoms with Crippen LogP contribution in [0.4, 0.5) is 5.69 Å². The number of hydrogen-bond donors (Lipinski definition) is 1. The van der Waals surface area contributed by atoms with Crippen LogP contribution in [0.5, 0.6) is 0 Å². The first-order chi connectivity index (χ1) is 10.1. The normalized spacial score (nSPS) is 10.9. The van der Waals surface area contributed by atoms with E-state index in [-0.39, 0.29) is 5.91 Å². The topological polar surface area (TPSA) is 32.3 Å². The lowest BCUT2D eigenvalue weighted by molar-refractivity contribution is -0.117. The Morgan fingerprint density at radius 2 is 1.86 bits per heavy atom. The van der Waals surface area contributed by atoms with E-state index in [1.165, 1.54) is 12.8 Å². The van der Waals surface area contributed by atoms with Gasteiger partial charge in [0.25, 0.3) is 0 Å². The van der Waals surface area contributed by atoms with Crippen molar-refractivity contribution < 1.29 is 4.79 Å². The molecule has 0 saturated carbocycles. The number of halogens is 1. The highest BCUT2D eigenvalue weighted by Crippen LogP contribution is 2.19. The molecule has 21 heavy (non-hydrogen) atoms. The first-order valence-electron chi connectivity index (χ1n) is 7.72. The van der Waals surface area contributed by atoms with Crippen molar-refractivity contribution >= 4 is 27.5 Å². The minimum Gasteiger partial charge on any atom is -0.324 e. The number of anilines is 1. The number of carbonyl (C=O) groups excluding carboxylic acids is 1. The fourth-order valence-electron chi connectivity index (χ4n) is 2.35. The molecule has 0 radical (unpaired) electrons. The molecule has 1 aromatic carbocycles. The van der Waals surface area contributed by atoms with Gasteiger partial charge in [-0.3, -0.25) is 9.69 Å². The van der Waals surface area contributed by atoms with E-state index < -0.39 is 0 Å². The molecule has 0 atom stereocenters. The first kappa shape index (κ1) is 18.2. The highest BCUT2D eigenvalue weighted by Gasteiger charge is 2.11. The third kappa shape index (κ3) is 6.62. The number of rotatable bonds is 9. The number of unbranched alkanes of at least 4 members (excludes halogenated alkanes) is 2. The maximum absolute atomic E-state index is 12.2. The Bertz CT molecular complexity index is 428. The molecule has 118 valence electrons. The lowest BCUT2D eigenvalue weighted by atomic mass is 10.1. The van der Waals surface area contributed by atoms with Crippen molar-refractivity contribution in [3.63, 3.8) is 0 Å². The predicted molar refractivity (Wildman–Crippen MR) is 94.3 cm³/mol. The number of likely N-dealkylation sites (N-methyl/N-ethyl adjacent to an activating group) is 1. The van der Waals surface area contributed by atoms with Gasteiger partial charge in [0.1, 0.15) is 0 Å². The number of hydrogen-bond acceptors (Lipinski definition) is 2. The summed E-state index contributed by atoms with van der Waals surface area (Å²) in [5, 5.41) is 4.12. The van der Waals surface area contributed by atoms with Gasteiger partial charge in [-0.25, -0.2) is 0 Å². The minimum absolute atomic E-state index is 0.0785. The molecule has 4 heteroatoms. The molecule has 0 aliphatic heterocycles. The molecule has 0 spiro atoms. The molecule has 0 fully saturated rings. The van der Waals surface area contributed by atoms with Crippen LogP contribution in [0.3, 0.4) is 0 Å². The monoisotopic (exact) mass is 354 g/mol. The Morgan fingerprint density at radius 3 is 2.43 bits per heavy atom. The Labute approximate surface area is 137 Å². The van der Waals surface area contributed by atoms with E-state index in [4.69, 9.17) is 0 Å². The molecule has 1 amide bonds. The number of benzene rings is 1. The maximum atomic E-state index is 12.2. The van der Waals surface area contributed by atoms with Crippen LogP contribution in [-0.4, -0.2) is 35.8 Å². The first-order valence-corrected chi connectivity index (χ1v) is 8.85. The van der Waals surface area contributed by atoms with Gasteiger partial charge in [-0.2, -0.15) is 0 Å². The lowest BCUT2D eigenvalue weighted by Crippen LogP contribution is -2.34. The molecular formula is C17H27BrN2O. The molecule has 0 heterocycles. The van der Waals surface area contributed by atoms with Crippen molar-refractivity contribution in [2.45, 2.75) is 40.0 Å². The van der Waals surface area contributed by atoms with E-state index in [2.05, 4.69) is 33.1 Å². The summed E-state index contributed by atoms with van der Waals surface area (Å²) in [5.41, 5.74) is 3.19. The molecule has 0 aromatic heterocycles. The Hall–Kier alpha value is -0.870. The summed E-state index contributed by atoms with van der Waals surface area (Å²) in [6, 6.07) is 6.07. The molecule has 1 N–H and O–H groups in total.